The first-order chi connectivity index (χ1) is 11.2. The van der Waals surface area contributed by atoms with E-state index in [9.17, 15) is 4.79 Å². The van der Waals surface area contributed by atoms with Crippen molar-refractivity contribution in [3.8, 4) is 0 Å². The number of benzene rings is 1. The molecule has 1 aliphatic heterocycles. The third kappa shape index (κ3) is 2.36. The Labute approximate surface area is 136 Å². The zero-order valence-corrected chi connectivity index (χ0v) is 13.7. The minimum absolute atomic E-state index is 0.152. The summed E-state index contributed by atoms with van der Waals surface area (Å²) in [5, 5.41) is 1.10. The summed E-state index contributed by atoms with van der Waals surface area (Å²) in [5.41, 5.74) is 1.91. The van der Waals surface area contributed by atoms with E-state index in [2.05, 4.69) is 9.88 Å². The lowest BCUT2D eigenvalue weighted by Crippen LogP contribution is -2.49. The van der Waals surface area contributed by atoms with Gasteiger partial charge in [0.05, 0.1) is 17.2 Å². The van der Waals surface area contributed by atoms with Gasteiger partial charge < -0.3 is 14.6 Å². The van der Waals surface area contributed by atoms with Crippen molar-refractivity contribution in [2.45, 2.75) is 38.2 Å². The van der Waals surface area contributed by atoms with Crippen LogP contribution in [-0.4, -0.2) is 42.1 Å². The van der Waals surface area contributed by atoms with Crippen molar-refractivity contribution < 1.29 is 9.53 Å². The van der Waals surface area contributed by atoms with Gasteiger partial charge in [-0.3, -0.25) is 4.79 Å². The fraction of sp³-hybridized carbons (Fsp3) is 0.526. The maximum absolute atomic E-state index is 13.1. The summed E-state index contributed by atoms with van der Waals surface area (Å²) >= 11 is 0. The van der Waals surface area contributed by atoms with Gasteiger partial charge in [0.25, 0.3) is 5.91 Å². The number of likely N-dealkylation sites (tertiary alicyclic amines) is 1. The average molecular weight is 312 g/mol. The molecule has 2 atom stereocenters. The van der Waals surface area contributed by atoms with E-state index < -0.39 is 0 Å². The van der Waals surface area contributed by atoms with Crippen LogP contribution in [0, 0.1) is 5.41 Å². The molecule has 2 fully saturated rings. The maximum Gasteiger partial charge on any atom is 0.256 e. The molecule has 1 aromatic heterocycles. The number of para-hydroxylation sites is 1. The van der Waals surface area contributed by atoms with Gasteiger partial charge in [-0.2, -0.15) is 0 Å². The van der Waals surface area contributed by atoms with Crippen LogP contribution < -0.4 is 0 Å². The number of amides is 1. The standard InChI is InChI=1S/C19H24N2O2/c1-23-16-7-3-9-19(16)10-4-12-21(13-19)18(22)15-6-2-5-14-8-11-20-17(14)15/h2,5-6,8,11,16,20H,3-4,7,9-10,12-13H2,1H3/t16-,19+/m1/s1. The predicted molar refractivity (Wildman–Crippen MR) is 90.5 cm³/mol. The summed E-state index contributed by atoms with van der Waals surface area (Å²) in [6, 6.07) is 7.96. The number of carbonyl (C=O) groups is 1. The lowest BCUT2D eigenvalue weighted by Gasteiger charge is -2.43. The molecule has 2 aliphatic rings. The molecule has 0 radical (unpaired) electrons. The largest absolute Gasteiger partial charge is 0.381 e. The molecule has 4 nitrogen and oxygen atoms in total. The Balaban J connectivity index is 1.62. The zero-order valence-electron chi connectivity index (χ0n) is 13.7. The van der Waals surface area contributed by atoms with Crippen LogP contribution in [0.4, 0.5) is 0 Å². The highest BCUT2D eigenvalue weighted by atomic mass is 16.5. The number of H-pyrrole nitrogens is 1. The van der Waals surface area contributed by atoms with Gasteiger partial charge in [-0.25, -0.2) is 0 Å². The second kappa shape index (κ2) is 5.68. The topological polar surface area (TPSA) is 45.3 Å². The van der Waals surface area contributed by atoms with E-state index in [1.54, 1.807) is 0 Å². The van der Waals surface area contributed by atoms with Crippen molar-refractivity contribution in [2.24, 2.45) is 5.41 Å². The predicted octanol–water partition coefficient (Wildman–Crippen LogP) is 3.59. The molecule has 2 heterocycles. The number of aromatic nitrogens is 1. The smallest absolute Gasteiger partial charge is 0.256 e. The Morgan fingerprint density at radius 3 is 3.04 bits per heavy atom. The maximum atomic E-state index is 13.1. The van der Waals surface area contributed by atoms with Gasteiger partial charge >= 0.3 is 0 Å². The summed E-state index contributed by atoms with van der Waals surface area (Å²) in [6.07, 6.45) is 7.99. The second-order valence-corrected chi connectivity index (χ2v) is 7.06. The van der Waals surface area contributed by atoms with Crippen LogP contribution in [0.5, 0.6) is 0 Å². The molecule has 1 saturated carbocycles. The van der Waals surface area contributed by atoms with Gasteiger partial charge in [0.1, 0.15) is 0 Å². The number of carbonyl (C=O) groups excluding carboxylic acids is 1. The normalized spacial score (nSPS) is 27.9. The average Bonchev–Trinajstić information content (AvgIpc) is 3.20. The first kappa shape index (κ1) is 14.8. The number of nitrogens with one attached hydrogen (secondary N) is 1. The molecule has 0 bridgehead atoms. The summed E-state index contributed by atoms with van der Waals surface area (Å²) in [6.45, 7) is 1.69. The van der Waals surface area contributed by atoms with Crippen molar-refractivity contribution >= 4 is 16.8 Å². The molecule has 1 aromatic carbocycles. The van der Waals surface area contributed by atoms with E-state index in [0.29, 0.717) is 6.10 Å². The van der Waals surface area contributed by atoms with Crippen molar-refractivity contribution in [3.63, 3.8) is 0 Å². The lowest BCUT2D eigenvalue weighted by atomic mass is 9.76. The molecular formula is C19H24N2O2. The van der Waals surface area contributed by atoms with Gasteiger partial charge in [-0.15, -0.1) is 0 Å². The highest BCUT2D eigenvalue weighted by Gasteiger charge is 2.46. The Morgan fingerprint density at radius 2 is 2.17 bits per heavy atom. The van der Waals surface area contributed by atoms with Crippen LogP contribution >= 0.6 is 0 Å². The number of nitrogens with zero attached hydrogens (tertiary/aromatic N) is 1. The third-order valence-corrected chi connectivity index (χ3v) is 5.82. The van der Waals surface area contributed by atoms with Crippen molar-refractivity contribution in [1.82, 2.24) is 9.88 Å². The molecule has 4 heteroatoms. The number of piperidine rings is 1. The van der Waals surface area contributed by atoms with E-state index in [4.69, 9.17) is 4.74 Å². The summed E-state index contributed by atoms with van der Waals surface area (Å²) < 4.78 is 5.75. The third-order valence-electron chi connectivity index (χ3n) is 5.82. The molecule has 1 N–H and O–H groups in total. The number of hydrogen-bond acceptors (Lipinski definition) is 2. The van der Waals surface area contributed by atoms with Crippen LogP contribution in [-0.2, 0) is 4.74 Å². The van der Waals surface area contributed by atoms with E-state index in [1.165, 1.54) is 19.3 Å². The van der Waals surface area contributed by atoms with Crippen LogP contribution in [0.1, 0.15) is 42.5 Å². The minimum Gasteiger partial charge on any atom is -0.381 e. The second-order valence-electron chi connectivity index (χ2n) is 7.06. The molecule has 1 amide bonds. The zero-order chi connectivity index (χ0) is 15.9. The molecule has 2 aromatic rings. The van der Waals surface area contributed by atoms with Crippen molar-refractivity contribution in [2.75, 3.05) is 20.2 Å². The van der Waals surface area contributed by atoms with E-state index in [1.807, 2.05) is 37.6 Å². The van der Waals surface area contributed by atoms with Gasteiger partial charge in [0, 0.05) is 37.2 Å². The minimum atomic E-state index is 0.152. The molecule has 23 heavy (non-hydrogen) atoms. The Bertz CT molecular complexity index is 723. The monoisotopic (exact) mass is 312 g/mol. The fourth-order valence-electron chi connectivity index (χ4n) is 4.71. The Morgan fingerprint density at radius 1 is 1.30 bits per heavy atom. The van der Waals surface area contributed by atoms with Gasteiger partial charge in [0.2, 0.25) is 0 Å². The van der Waals surface area contributed by atoms with E-state index >= 15 is 0 Å². The number of hydrogen-bond donors (Lipinski definition) is 1. The highest BCUT2D eigenvalue weighted by molar-refractivity contribution is 6.05. The fourth-order valence-corrected chi connectivity index (χ4v) is 4.71. The quantitative estimate of drug-likeness (QED) is 0.921. The number of rotatable bonds is 2. The summed E-state index contributed by atoms with van der Waals surface area (Å²) in [7, 11) is 1.82. The lowest BCUT2D eigenvalue weighted by molar-refractivity contribution is -0.0295. The van der Waals surface area contributed by atoms with Crippen LogP contribution in [0.25, 0.3) is 10.9 Å². The highest BCUT2D eigenvalue weighted by Crippen LogP contribution is 2.46. The molecule has 1 aliphatic carbocycles. The molecular weight excluding hydrogens is 288 g/mol. The van der Waals surface area contributed by atoms with Gasteiger partial charge in [-0.1, -0.05) is 18.6 Å². The van der Waals surface area contributed by atoms with Crippen LogP contribution in [0.15, 0.2) is 30.5 Å². The van der Waals surface area contributed by atoms with Gasteiger partial charge in [-0.05, 0) is 37.8 Å². The molecule has 4 rings (SSSR count). The number of fused-ring (bicyclic) bond motifs is 1. The van der Waals surface area contributed by atoms with Crippen molar-refractivity contribution in [1.29, 1.82) is 0 Å². The molecule has 0 unspecified atom stereocenters. The summed E-state index contributed by atoms with van der Waals surface area (Å²) in [4.78, 5) is 18.4. The number of methoxy groups -OCH3 is 1. The number of aromatic amines is 1. The first-order valence-corrected chi connectivity index (χ1v) is 8.62. The summed E-state index contributed by atoms with van der Waals surface area (Å²) in [5.74, 6) is 0.152. The number of ether oxygens (including phenoxy) is 1. The Kier molecular flexibility index (Phi) is 3.64. The van der Waals surface area contributed by atoms with Crippen molar-refractivity contribution in [3.05, 3.63) is 36.0 Å². The first-order valence-electron chi connectivity index (χ1n) is 8.62. The molecule has 1 spiro atoms. The van der Waals surface area contributed by atoms with Crippen LogP contribution in [0.2, 0.25) is 0 Å². The van der Waals surface area contributed by atoms with Gasteiger partial charge in [0.15, 0.2) is 0 Å². The Hall–Kier alpha value is -1.81. The SMILES string of the molecule is CO[C@@H]1CCC[C@@]12CCCN(C(=O)c1cccc3cc[nH]c13)C2. The molecule has 1 saturated heterocycles. The van der Waals surface area contributed by atoms with E-state index in [0.717, 1.165) is 42.4 Å². The van der Waals surface area contributed by atoms with E-state index in [-0.39, 0.29) is 11.3 Å². The molecule has 122 valence electrons. The van der Waals surface area contributed by atoms with Crippen LogP contribution in [0.3, 0.4) is 0 Å².